The molecule has 194 valence electrons. The van der Waals surface area contributed by atoms with Gasteiger partial charge >= 0.3 is 0 Å². The van der Waals surface area contributed by atoms with Gasteiger partial charge in [-0.2, -0.15) is 0 Å². The Labute approximate surface area is 216 Å². The Kier molecular flexibility index (Phi) is 8.61. The van der Waals surface area contributed by atoms with Crippen LogP contribution in [0.25, 0.3) is 11.0 Å². The number of rotatable bonds is 12. The maximum atomic E-state index is 14.3. The van der Waals surface area contributed by atoms with E-state index in [4.69, 9.17) is 19.2 Å². The fraction of sp³-hybridized carbons (Fsp3) is 0.310. The Balaban J connectivity index is 1.33. The van der Waals surface area contributed by atoms with Crippen LogP contribution in [-0.4, -0.2) is 43.3 Å². The second-order valence-electron chi connectivity index (χ2n) is 8.67. The molecule has 4 aromatic rings. The van der Waals surface area contributed by atoms with Crippen LogP contribution in [0.15, 0.2) is 60.7 Å². The third kappa shape index (κ3) is 6.02. The maximum absolute atomic E-state index is 14.3. The van der Waals surface area contributed by atoms with Crippen LogP contribution in [0.4, 0.5) is 4.39 Å². The van der Waals surface area contributed by atoms with E-state index in [-0.39, 0.29) is 11.7 Å². The van der Waals surface area contributed by atoms with Crippen LogP contribution >= 0.6 is 0 Å². The number of fused-ring (bicyclic) bond motifs is 1. The van der Waals surface area contributed by atoms with E-state index in [1.54, 1.807) is 18.2 Å². The van der Waals surface area contributed by atoms with Crippen LogP contribution in [0.5, 0.6) is 17.2 Å². The monoisotopic (exact) mass is 505 g/mol. The number of para-hydroxylation sites is 2. The lowest BCUT2D eigenvalue weighted by molar-refractivity contribution is 0.0952. The number of aryl methyl sites for hydroxylation is 1. The number of ether oxygens (including phenoxy) is 3. The van der Waals surface area contributed by atoms with Crippen molar-refractivity contribution in [3.8, 4) is 17.2 Å². The summed E-state index contributed by atoms with van der Waals surface area (Å²) in [5, 5.41) is 2.96. The lowest BCUT2D eigenvalue weighted by Gasteiger charge is -2.14. The smallest absolute Gasteiger partial charge is 0.251 e. The van der Waals surface area contributed by atoms with Crippen LogP contribution in [0.1, 0.15) is 41.0 Å². The van der Waals surface area contributed by atoms with E-state index in [0.29, 0.717) is 41.5 Å². The molecular formula is C29H32FN3O4. The number of carbonyl (C=O) groups is 1. The molecule has 0 fully saturated rings. The molecule has 0 aliphatic rings. The Bertz CT molecular complexity index is 1340. The number of hydrogen-bond donors (Lipinski definition) is 1. The lowest BCUT2D eigenvalue weighted by Crippen LogP contribution is -2.24. The summed E-state index contributed by atoms with van der Waals surface area (Å²) in [6.07, 6.45) is 3.41. The first kappa shape index (κ1) is 26.0. The summed E-state index contributed by atoms with van der Waals surface area (Å²) in [5.74, 6) is 1.84. The van der Waals surface area contributed by atoms with E-state index in [9.17, 15) is 9.18 Å². The third-order valence-electron chi connectivity index (χ3n) is 6.31. The summed E-state index contributed by atoms with van der Waals surface area (Å²) in [6.45, 7) is 0.981. The fourth-order valence-electron chi connectivity index (χ4n) is 4.39. The summed E-state index contributed by atoms with van der Waals surface area (Å²) in [4.78, 5) is 17.5. The number of imidazole rings is 1. The molecule has 0 bridgehead atoms. The third-order valence-corrected chi connectivity index (χ3v) is 6.31. The molecule has 0 aliphatic heterocycles. The lowest BCUT2D eigenvalue weighted by atomic mass is 10.1. The Morgan fingerprint density at radius 2 is 1.62 bits per heavy atom. The molecule has 0 spiro atoms. The Morgan fingerprint density at radius 1 is 0.919 bits per heavy atom. The molecule has 0 atom stereocenters. The van der Waals surface area contributed by atoms with Gasteiger partial charge in [0, 0.05) is 24.1 Å². The zero-order chi connectivity index (χ0) is 26.2. The highest BCUT2D eigenvalue weighted by atomic mass is 19.1. The molecule has 1 aromatic heterocycles. The molecule has 7 nitrogen and oxygen atoms in total. The van der Waals surface area contributed by atoms with Crippen molar-refractivity contribution in [2.75, 3.05) is 27.9 Å². The first-order chi connectivity index (χ1) is 18.0. The summed E-state index contributed by atoms with van der Waals surface area (Å²) < 4.78 is 32.4. The van der Waals surface area contributed by atoms with Crippen molar-refractivity contribution in [2.45, 2.75) is 32.2 Å². The summed E-state index contributed by atoms with van der Waals surface area (Å²) in [7, 11) is 4.56. The van der Waals surface area contributed by atoms with Crippen molar-refractivity contribution in [1.29, 1.82) is 0 Å². The number of halogens is 1. The Morgan fingerprint density at radius 3 is 2.32 bits per heavy atom. The number of hydrogen-bond acceptors (Lipinski definition) is 5. The van der Waals surface area contributed by atoms with Crippen molar-refractivity contribution in [2.24, 2.45) is 0 Å². The molecular weight excluding hydrogens is 473 g/mol. The fourth-order valence-corrected chi connectivity index (χ4v) is 4.39. The molecule has 1 N–H and O–H groups in total. The SMILES string of the molecule is COc1cc(C(=O)NCCCCCc2nc3ccccc3n2Cc2ccccc2F)cc(OC)c1OC. The minimum absolute atomic E-state index is 0.203. The van der Waals surface area contributed by atoms with E-state index in [0.717, 1.165) is 42.5 Å². The maximum Gasteiger partial charge on any atom is 0.251 e. The molecule has 0 saturated carbocycles. The number of carbonyl (C=O) groups excluding carboxylic acids is 1. The van der Waals surface area contributed by atoms with Crippen LogP contribution in [-0.2, 0) is 13.0 Å². The first-order valence-corrected chi connectivity index (χ1v) is 12.3. The van der Waals surface area contributed by atoms with Gasteiger partial charge in [-0.15, -0.1) is 0 Å². The van der Waals surface area contributed by atoms with Gasteiger partial charge in [0.25, 0.3) is 5.91 Å². The van der Waals surface area contributed by atoms with Crippen molar-refractivity contribution >= 4 is 16.9 Å². The van der Waals surface area contributed by atoms with Gasteiger partial charge in [0.2, 0.25) is 5.75 Å². The zero-order valence-electron chi connectivity index (χ0n) is 21.4. The van der Waals surface area contributed by atoms with Gasteiger partial charge in [-0.1, -0.05) is 36.8 Å². The van der Waals surface area contributed by atoms with Crippen molar-refractivity contribution in [3.63, 3.8) is 0 Å². The van der Waals surface area contributed by atoms with Crippen LogP contribution in [0.3, 0.4) is 0 Å². The van der Waals surface area contributed by atoms with Gasteiger partial charge in [-0.3, -0.25) is 4.79 Å². The van der Waals surface area contributed by atoms with Gasteiger partial charge in [0.15, 0.2) is 11.5 Å². The largest absolute Gasteiger partial charge is 0.493 e. The number of nitrogens with zero attached hydrogens (tertiary/aromatic N) is 2. The number of amides is 1. The molecule has 8 heteroatoms. The van der Waals surface area contributed by atoms with Crippen LogP contribution < -0.4 is 19.5 Å². The normalized spacial score (nSPS) is 10.9. The highest BCUT2D eigenvalue weighted by molar-refractivity contribution is 5.95. The van der Waals surface area contributed by atoms with Gasteiger partial charge in [-0.05, 0) is 43.2 Å². The number of unbranched alkanes of at least 4 members (excludes halogenated alkanes) is 2. The van der Waals surface area contributed by atoms with E-state index in [2.05, 4.69) is 9.88 Å². The zero-order valence-corrected chi connectivity index (χ0v) is 21.4. The Hall–Kier alpha value is -4.07. The van der Waals surface area contributed by atoms with Crippen molar-refractivity contribution in [3.05, 3.63) is 83.4 Å². The minimum Gasteiger partial charge on any atom is -0.493 e. The number of aromatic nitrogens is 2. The average Bonchev–Trinajstić information content (AvgIpc) is 3.27. The number of nitrogens with one attached hydrogen (secondary N) is 1. The van der Waals surface area contributed by atoms with E-state index in [1.165, 1.54) is 27.4 Å². The van der Waals surface area contributed by atoms with Crippen molar-refractivity contribution in [1.82, 2.24) is 14.9 Å². The summed E-state index contributed by atoms with van der Waals surface area (Å²) in [6, 6.07) is 18.1. The highest BCUT2D eigenvalue weighted by Crippen LogP contribution is 2.38. The molecule has 0 radical (unpaired) electrons. The minimum atomic E-state index is -0.214. The standard InChI is InChI=1S/C29H32FN3O4/c1-35-25-17-21(18-26(36-2)28(25)37-3)29(34)31-16-10-4-5-15-27-32-23-13-8-9-14-24(23)33(27)19-20-11-6-7-12-22(20)30/h6-9,11-14,17-18H,4-5,10,15-16,19H2,1-3H3,(H,31,34). The number of methoxy groups -OCH3 is 3. The molecule has 0 saturated heterocycles. The van der Waals surface area contributed by atoms with Gasteiger partial charge in [-0.25, -0.2) is 9.37 Å². The van der Waals surface area contributed by atoms with Crippen LogP contribution in [0, 0.1) is 5.82 Å². The molecule has 0 aliphatic carbocycles. The van der Waals surface area contributed by atoms with Crippen LogP contribution in [0.2, 0.25) is 0 Å². The topological polar surface area (TPSA) is 74.6 Å². The van der Waals surface area contributed by atoms with Gasteiger partial charge in [0.05, 0.1) is 38.9 Å². The van der Waals surface area contributed by atoms with E-state index >= 15 is 0 Å². The molecule has 0 unspecified atom stereocenters. The molecule has 1 heterocycles. The highest BCUT2D eigenvalue weighted by Gasteiger charge is 2.17. The van der Waals surface area contributed by atoms with Gasteiger partial charge < -0.3 is 24.1 Å². The van der Waals surface area contributed by atoms with E-state index in [1.807, 2.05) is 36.4 Å². The predicted octanol–water partition coefficient (Wildman–Crippen LogP) is 5.39. The molecule has 1 amide bonds. The molecule has 3 aromatic carbocycles. The van der Waals surface area contributed by atoms with E-state index < -0.39 is 0 Å². The van der Waals surface area contributed by atoms with Crippen molar-refractivity contribution < 1.29 is 23.4 Å². The first-order valence-electron chi connectivity index (χ1n) is 12.3. The molecule has 37 heavy (non-hydrogen) atoms. The van der Waals surface area contributed by atoms with Gasteiger partial charge in [0.1, 0.15) is 11.6 Å². The second-order valence-corrected chi connectivity index (χ2v) is 8.67. The quantitative estimate of drug-likeness (QED) is 0.261. The predicted molar refractivity (Wildman–Crippen MR) is 141 cm³/mol. The summed E-state index contributed by atoms with van der Waals surface area (Å²) >= 11 is 0. The number of benzene rings is 3. The average molecular weight is 506 g/mol. The molecule has 4 rings (SSSR count). The summed E-state index contributed by atoms with van der Waals surface area (Å²) in [5.41, 5.74) is 2.99. The second kappa shape index (κ2) is 12.3.